The number of fused-ring (bicyclic) bond motifs is 1. The lowest BCUT2D eigenvalue weighted by Crippen LogP contribution is -2.22. The first kappa shape index (κ1) is 17.2. The van der Waals surface area contributed by atoms with Gasteiger partial charge < -0.3 is 10.2 Å². The molecule has 138 valence electrons. The molecule has 1 aromatic heterocycles. The Kier molecular flexibility index (Phi) is 4.58. The zero-order valence-corrected chi connectivity index (χ0v) is 14.6. The summed E-state index contributed by atoms with van der Waals surface area (Å²) in [6.45, 7) is 2.37. The molecule has 2 heterocycles. The van der Waals surface area contributed by atoms with Crippen LogP contribution in [0.25, 0.3) is 10.9 Å². The molecule has 1 atom stereocenters. The molecule has 6 nitrogen and oxygen atoms in total. The van der Waals surface area contributed by atoms with E-state index in [0.717, 1.165) is 25.2 Å². The van der Waals surface area contributed by atoms with Crippen molar-refractivity contribution in [3.8, 4) is 0 Å². The summed E-state index contributed by atoms with van der Waals surface area (Å²) in [5, 5.41) is 15.4. The lowest BCUT2D eigenvalue weighted by molar-refractivity contribution is -0.382. The summed E-state index contributed by atoms with van der Waals surface area (Å²) in [7, 11) is 0. The van der Waals surface area contributed by atoms with Gasteiger partial charge in [0.1, 0.15) is 11.5 Å². The molecule has 1 saturated heterocycles. The second-order valence-electron chi connectivity index (χ2n) is 6.75. The molecule has 1 aliphatic heterocycles. The first-order chi connectivity index (χ1) is 13.1. The number of aromatic nitrogens is 1. The highest BCUT2D eigenvalue weighted by Crippen LogP contribution is 2.33. The number of rotatable bonds is 5. The van der Waals surface area contributed by atoms with E-state index in [0.29, 0.717) is 29.1 Å². The van der Waals surface area contributed by atoms with Crippen molar-refractivity contribution in [2.75, 3.05) is 29.9 Å². The van der Waals surface area contributed by atoms with Crippen LogP contribution in [0.4, 0.5) is 21.5 Å². The number of nitro groups is 1. The number of nitro benzene ring substituents is 1. The van der Waals surface area contributed by atoms with Crippen LogP contribution in [0, 0.1) is 21.8 Å². The van der Waals surface area contributed by atoms with Gasteiger partial charge in [0.05, 0.1) is 15.8 Å². The van der Waals surface area contributed by atoms with Gasteiger partial charge in [0, 0.05) is 31.5 Å². The van der Waals surface area contributed by atoms with Gasteiger partial charge in [0.2, 0.25) is 0 Å². The van der Waals surface area contributed by atoms with Gasteiger partial charge in [-0.05, 0) is 60.9 Å². The highest BCUT2D eigenvalue weighted by molar-refractivity contribution is 5.94. The van der Waals surface area contributed by atoms with Crippen LogP contribution in [0.2, 0.25) is 0 Å². The van der Waals surface area contributed by atoms with E-state index >= 15 is 0 Å². The minimum Gasteiger partial charge on any atom is -0.379 e. The standard InChI is InChI=1S/C20H19FN4O2/c21-15-3-5-16(6-4-15)24-11-9-14(13-24)12-23-19-8-7-18-17(2-1-10-22-18)20(19)25(26)27/h1-8,10,14,23H,9,11-13H2. The second kappa shape index (κ2) is 7.19. The van der Waals surface area contributed by atoms with Crippen molar-refractivity contribution in [2.45, 2.75) is 6.42 Å². The Labute approximate surface area is 155 Å². The molecule has 2 aromatic carbocycles. The van der Waals surface area contributed by atoms with E-state index in [4.69, 9.17) is 0 Å². The molecule has 1 N–H and O–H groups in total. The molecule has 0 spiro atoms. The first-order valence-corrected chi connectivity index (χ1v) is 8.88. The number of hydrogen-bond acceptors (Lipinski definition) is 5. The summed E-state index contributed by atoms with van der Waals surface area (Å²) >= 11 is 0. The average Bonchev–Trinajstić information content (AvgIpc) is 3.15. The molecule has 27 heavy (non-hydrogen) atoms. The maximum atomic E-state index is 13.1. The van der Waals surface area contributed by atoms with Crippen molar-refractivity contribution in [3.05, 3.63) is 70.7 Å². The molecule has 0 bridgehead atoms. The van der Waals surface area contributed by atoms with Crippen LogP contribution in [0.15, 0.2) is 54.7 Å². The van der Waals surface area contributed by atoms with Crippen molar-refractivity contribution >= 4 is 28.0 Å². The summed E-state index contributed by atoms with van der Waals surface area (Å²) in [5.74, 6) is 0.119. The predicted molar refractivity (Wildman–Crippen MR) is 104 cm³/mol. The molecule has 1 fully saturated rings. The summed E-state index contributed by atoms with van der Waals surface area (Å²) in [4.78, 5) is 17.6. The van der Waals surface area contributed by atoms with Gasteiger partial charge in [-0.15, -0.1) is 0 Å². The van der Waals surface area contributed by atoms with Crippen molar-refractivity contribution in [1.29, 1.82) is 0 Å². The fraction of sp³-hybridized carbons (Fsp3) is 0.250. The Morgan fingerprint density at radius 2 is 2.04 bits per heavy atom. The molecule has 1 unspecified atom stereocenters. The summed E-state index contributed by atoms with van der Waals surface area (Å²) < 4.78 is 13.1. The molecule has 0 amide bonds. The number of halogens is 1. The Bertz CT molecular complexity index is 977. The number of pyridine rings is 1. The normalized spacial score (nSPS) is 16.6. The van der Waals surface area contributed by atoms with Crippen LogP contribution >= 0.6 is 0 Å². The van der Waals surface area contributed by atoms with Gasteiger partial charge in [0.25, 0.3) is 0 Å². The fourth-order valence-electron chi connectivity index (χ4n) is 3.62. The highest BCUT2D eigenvalue weighted by Gasteiger charge is 2.24. The smallest absolute Gasteiger partial charge is 0.301 e. The third kappa shape index (κ3) is 3.53. The monoisotopic (exact) mass is 366 g/mol. The number of hydrogen-bond donors (Lipinski definition) is 1. The van der Waals surface area contributed by atoms with E-state index in [9.17, 15) is 14.5 Å². The second-order valence-corrected chi connectivity index (χ2v) is 6.75. The average molecular weight is 366 g/mol. The maximum absolute atomic E-state index is 13.1. The van der Waals surface area contributed by atoms with E-state index in [1.165, 1.54) is 12.1 Å². The topological polar surface area (TPSA) is 71.3 Å². The minimum atomic E-state index is -0.355. The van der Waals surface area contributed by atoms with Crippen LogP contribution in [-0.2, 0) is 0 Å². The maximum Gasteiger partial charge on any atom is 0.301 e. The number of benzene rings is 2. The van der Waals surface area contributed by atoms with Gasteiger partial charge >= 0.3 is 5.69 Å². The lowest BCUT2D eigenvalue weighted by Gasteiger charge is -2.19. The number of anilines is 2. The van der Waals surface area contributed by atoms with Gasteiger partial charge in [0.15, 0.2) is 0 Å². The molecule has 7 heteroatoms. The van der Waals surface area contributed by atoms with Crippen LogP contribution < -0.4 is 10.2 Å². The molecule has 0 radical (unpaired) electrons. The van der Waals surface area contributed by atoms with E-state index in [2.05, 4.69) is 15.2 Å². The molecule has 4 rings (SSSR count). The largest absolute Gasteiger partial charge is 0.379 e. The minimum absolute atomic E-state index is 0.0639. The molecular weight excluding hydrogens is 347 g/mol. The summed E-state index contributed by atoms with van der Waals surface area (Å²) in [6.07, 6.45) is 2.61. The SMILES string of the molecule is O=[N+]([O-])c1c(NCC2CCN(c3ccc(F)cc3)C2)ccc2ncccc12. The van der Waals surface area contributed by atoms with Crippen LogP contribution in [0.3, 0.4) is 0 Å². The third-order valence-corrected chi connectivity index (χ3v) is 5.00. The predicted octanol–water partition coefficient (Wildman–Crippen LogP) is 4.22. The third-order valence-electron chi connectivity index (χ3n) is 5.00. The molecule has 3 aromatic rings. The van der Waals surface area contributed by atoms with Gasteiger partial charge in [-0.2, -0.15) is 0 Å². The fourth-order valence-corrected chi connectivity index (χ4v) is 3.62. The van der Waals surface area contributed by atoms with E-state index in [1.54, 1.807) is 42.6 Å². The van der Waals surface area contributed by atoms with Gasteiger partial charge in [-0.25, -0.2) is 4.39 Å². The molecule has 0 aliphatic carbocycles. The zero-order valence-electron chi connectivity index (χ0n) is 14.6. The van der Waals surface area contributed by atoms with Crippen molar-refractivity contribution in [2.24, 2.45) is 5.92 Å². The van der Waals surface area contributed by atoms with Crippen LogP contribution in [0.5, 0.6) is 0 Å². The molecule has 0 saturated carbocycles. The quantitative estimate of drug-likeness (QED) is 0.541. The number of nitrogens with one attached hydrogen (secondary N) is 1. The van der Waals surface area contributed by atoms with Crippen LogP contribution in [-0.4, -0.2) is 29.5 Å². The highest BCUT2D eigenvalue weighted by atomic mass is 19.1. The Morgan fingerprint density at radius 1 is 1.22 bits per heavy atom. The van der Waals surface area contributed by atoms with Crippen molar-refractivity contribution in [1.82, 2.24) is 4.98 Å². The summed E-state index contributed by atoms with van der Waals surface area (Å²) in [5.41, 5.74) is 2.19. The van der Waals surface area contributed by atoms with Crippen molar-refractivity contribution in [3.63, 3.8) is 0 Å². The number of nitrogens with zero attached hydrogens (tertiary/aromatic N) is 3. The van der Waals surface area contributed by atoms with E-state index in [1.807, 2.05) is 0 Å². The molecule has 1 aliphatic rings. The van der Waals surface area contributed by atoms with Gasteiger partial charge in [-0.1, -0.05) is 0 Å². The van der Waals surface area contributed by atoms with Crippen molar-refractivity contribution < 1.29 is 9.31 Å². The Hall–Kier alpha value is -3.22. The Balaban J connectivity index is 1.47. The van der Waals surface area contributed by atoms with Gasteiger partial charge in [-0.3, -0.25) is 15.1 Å². The lowest BCUT2D eigenvalue weighted by atomic mass is 10.1. The zero-order chi connectivity index (χ0) is 18.8. The summed E-state index contributed by atoms with van der Waals surface area (Å²) in [6, 6.07) is 13.4. The van der Waals surface area contributed by atoms with Crippen LogP contribution in [0.1, 0.15) is 6.42 Å². The van der Waals surface area contributed by atoms with E-state index in [-0.39, 0.29) is 16.4 Å². The molecular formula is C20H19FN4O2. The van der Waals surface area contributed by atoms with E-state index < -0.39 is 0 Å². The Morgan fingerprint density at radius 3 is 2.81 bits per heavy atom. The first-order valence-electron chi connectivity index (χ1n) is 8.88.